The van der Waals surface area contributed by atoms with Gasteiger partial charge in [0.25, 0.3) is 5.56 Å². The monoisotopic (exact) mass is 572 g/mol. The van der Waals surface area contributed by atoms with Gasteiger partial charge in [-0.3, -0.25) is 14.3 Å². The van der Waals surface area contributed by atoms with E-state index in [2.05, 4.69) is 25.3 Å². The number of aromatic nitrogens is 7. The van der Waals surface area contributed by atoms with Gasteiger partial charge in [0, 0.05) is 24.1 Å². The van der Waals surface area contributed by atoms with Crippen LogP contribution in [0, 0.1) is 0 Å². The SMILES string of the molecule is CCS(=O)(=O)c1ccc(CNc2nc3cnc(-c4c(C5CC5)ncnc4C4CC4)nc3n(C3CCCC3)c2=O)nc1. The lowest BCUT2D eigenvalue weighted by atomic mass is 10.0. The van der Waals surface area contributed by atoms with Crippen LogP contribution in [0.25, 0.3) is 22.6 Å². The van der Waals surface area contributed by atoms with E-state index < -0.39 is 9.84 Å². The number of rotatable bonds is 9. The van der Waals surface area contributed by atoms with Gasteiger partial charge in [0.05, 0.1) is 46.0 Å². The summed E-state index contributed by atoms with van der Waals surface area (Å²) in [5.74, 6) is 1.61. The van der Waals surface area contributed by atoms with Gasteiger partial charge in [-0.15, -0.1) is 0 Å². The first-order chi connectivity index (χ1) is 19.9. The highest BCUT2D eigenvalue weighted by molar-refractivity contribution is 7.91. The van der Waals surface area contributed by atoms with Crippen molar-refractivity contribution in [2.75, 3.05) is 11.1 Å². The molecule has 12 heteroatoms. The van der Waals surface area contributed by atoms with Crippen molar-refractivity contribution in [2.45, 2.75) is 87.6 Å². The fraction of sp³-hybridized carbons (Fsp3) is 0.483. The highest BCUT2D eigenvalue weighted by Gasteiger charge is 2.36. The van der Waals surface area contributed by atoms with Gasteiger partial charge in [-0.2, -0.15) is 0 Å². The Hall–Kier alpha value is -3.80. The molecule has 0 amide bonds. The smallest absolute Gasteiger partial charge is 0.295 e. The molecule has 1 N–H and O–H groups in total. The predicted octanol–water partition coefficient (Wildman–Crippen LogP) is 4.31. The Morgan fingerprint density at radius 3 is 2.22 bits per heavy atom. The van der Waals surface area contributed by atoms with Crippen molar-refractivity contribution >= 4 is 26.8 Å². The third kappa shape index (κ3) is 4.98. The molecule has 0 aliphatic heterocycles. The highest BCUT2D eigenvalue weighted by Crippen LogP contribution is 2.48. The molecule has 0 spiro atoms. The normalized spacial score (nSPS) is 17.8. The molecule has 0 saturated heterocycles. The third-order valence-electron chi connectivity index (χ3n) is 8.35. The number of hydrogen-bond donors (Lipinski definition) is 1. The van der Waals surface area contributed by atoms with E-state index in [0.29, 0.717) is 34.5 Å². The Kier molecular flexibility index (Phi) is 6.52. The molecule has 3 saturated carbocycles. The quantitative estimate of drug-likeness (QED) is 0.308. The number of nitrogens with zero attached hydrogens (tertiary/aromatic N) is 7. The minimum absolute atomic E-state index is 0.0128. The molecule has 212 valence electrons. The standard InChI is InChI=1S/C29H32N8O3S/c1-2-41(39,40)21-12-11-19(30-14-21)13-31-27-29(38)37(20-5-3-4-6-20)28-22(35-27)15-32-26(36-28)23-24(17-7-8-17)33-16-34-25(23)18-9-10-18/h11-12,14-18,20H,2-10,13H2,1H3,(H,31,35). The summed E-state index contributed by atoms with van der Waals surface area (Å²) in [6.45, 7) is 1.82. The van der Waals surface area contributed by atoms with E-state index in [1.54, 1.807) is 36.1 Å². The van der Waals surface area contributed by atoms with Crippen molar-refractivity contribution in [3.05, 3.63) is 58.3 Å². The lowest BCUT2D eigenvalue weighted by Gasteiger charge is -2.18. The molecule has 0 bridgehead atoms. The van der Waals surface area contributed by atoms with Gasteiger partial charge in [0.2, 0.25) is 0 Å². The van der Waals surface area contributed by atoms with Crippen molar-refractivity contribution in [3.63, 3.8) is 0 Å². The highest BCUT2D eigenvalue weighted by atomic mass is 32.2. The zero-order chi connectivity index (χ0) is 28.1. The fourth-order valence-corrected chi connectivity index (χ4v) is 6.58. The Bertz CT molecular complexity index is 1760. The molecule has 0 radical (unpaired) electrons. The van der Waals surface area contributed by atoms with Gasteiger partial charge < -0.3 is 5.32 Å². The third-order valence-corrected chi connectivity index (χ3v) is 10.1. The van der Waals surface area contributed by atoms with Crippen molar-refractivity contribution in [1.82, 2.24) is 34.5 Å². The van der Waals surface area contributed by atoms with Gasteiger partial charge in [-0.1, -0.05) is 19.8 Å². The molecule has 0 unspecified atom stereocenters. The molecule has 4 heterocycles. The number of sulfone groups is 1. The number of pyridine rings is 1. The van der Waals surface area contributed by atoms with Crippen LogP contribution >= 0.6 is 0 Å². The Morgan fingerprint density at radius 1 is 0.902 bits per heavy atom. The molecule has 4 aromatic rings. The second-order valence-corrected chi connectivity index (χ2v) is 13.6. The Balaban J connectivity index is 1.28. The molecule has 3 aliphatic rings. The average molecular weight is 573 g/mol. The van der Waals surface area contributed by atoms with Crippen molar-refractivity contribution in [3.8, 4) is 11.4 Å². The molecule has 0 atom stereocenters. The predicted molar refractivity (Wildman–Crippen MR) is 153 cm³/mol. The van der Waals surface area contributed by atoms with E-state index in [0.717, 1.165) is 68.3 Å². The minimum atomic E-state index is -3.33. The van der Waals surface area contributed by atoms with Crippen LogP contribution in [0.4, 0.5) is 5.82 Å². The summed E-state index contributed by atoms with van der Waals surface area (Å²) in [6.07, 6.45) is 13.1. The minimum Gasteiger partial charge on any atom is -0.360 e. The summed E-state index contributed by atoms with van der Waals surface area (Å²) < 4.78 is 26.0. The second kappa shape index (κ2) is 10.2. The molecule has 41 heavy (non-hydrogen) atoms. The van der Waals surface area contributed by atoms with Crippen LogP contribution < -0.4 is 10.9 Å². The van der Waals surface area contributed by atoms with Gasteiger partial charge in [0.1, 0.15) is 11.8 Å². The van der Waals surface area contributed by atoms with Crippen molar-refractivity contribution < 1.29 is 8.42 Å². The topological polar surface area (TPSA) is 146 Å². The van der Waals surface area contributed by atoms with Crippen LogP contribution in [0.1, 0.15) is 93.2 Å². The first-order valence-corrected chi connectivity index (χ1v) is 16.1. The molecule has 7 rings (SSSR count). The fourth-order valence-electron chi connectivity index (χ4n) is 5.75. The van der Waals surface area contributed by atoms with Crippen LogP contribution in [-0.4, -0.2) is 48.6 Å². The zero-order valence-electron chi connectivity index (χ0n) is 23.0. The van der Waals surface area contributed by atoms with Gasteiger partial charge in [0.15, 0.2) is 27.1 Å². The summed E-state index contributed by atoms with van der Waals surface area (Å²) in [7, 11) is -3.33. The summed E-state index contributed by atoms with van der Waals surface area (Å²) in [5.41, 5.74) is 4.43. The Morgan fingerprint density at radius 2 is 1.61 bits per heavy atom. The lowest BCUT2D eigenvalue weighted by molar-refractivity contribution is 0.515. The average Bonchev–Trinajstić information content (AvgIpc) is 3.94. The Labute approximate surface area is 237 Å². The number of anilines is 1. The van der Waals surface area contributed by atoms with Gasteiger partial charge in [-0.05, 0) is 50.7 Å². The van der Waals surface area contributed by atoms with E-state index in [9.17, 15) is 13.2 Å². The summed E-state index contributed by atoms with van der Waals surface area (Å²) in [6, 6.07) is 3.23. The first-order valence-electron chi connectivity index (χ1n) is 14.5. The van der Waals surface area contributed by atoms with Crippen LogP contribution in [0.5, 0.6) is 0 Å². The largest absolute Gasteiger partial charge is 0.360 e. The summed E-state index contributed by atoms with van der Waals surface area (Å²) in [5, 5.41) is 3.14. The van der Waals surface area contributed by atoms with E-state index in [-0.39, 0.29) is 34.6 Å². The molecule has 11 nitrogen and oxygen atoms in total. The van der Waals surface area contributed by atoms with Gasteiger partial charge >= 0.3 is 0 Å². The van der Waals surface area contributed by atoms with E-state index in [1.165, 1.54) is 6.20 Å². The van der Waals surface area contributed by atoms with Crippen LogP contribution in [-0.2, 0) is 16.4 Å². The molecule has 4 aromatic heterocycles. The first kappa shape index (κ1) is 26.1. The maximum Gasteiger partial charge on any atom is 0.295 e. The lowest BCUT2D eigenvalue weighted by Crippen LogP contribution is -2.29. The van der Waals surface area contributed by atoms with Crippen LogP contribution in [0.2, 0.25) is 0 Å². The molecular formula is C29H32N8O3S. The van der Waals surface area contributed by atoms with E-state index >= 15 is 0 Å². The number of nitrogens with one attached hydrogen (secondary N) is 1. The number of fused-ring (bicyclic) bond motifs is 1. The molecule has 0 aromatic carbocycles. The number of hydrogen-bond acceptors (Lipinski definition) is 10. The van der Waals surface area contributed by atoms with Crippen LogP contribution in [0.3, 0.4) is 0 Å². The maximum atomic E-state index is 13.9. The van der Waals surface area contributed by atoms with Crippen molar-refractivity contribution in [2.24, 2.45) is 0 Å². The molecule has 3 fully saturated rings. The molecule has 3 aliphatic carbocycles. The summed E-state index contributed by atoms with van der Waals surface area (Å²) in [4.78, 5) is 42.1. The van der Waals surface area contributed by atoms with E-state index in [4.69, 9.17) is 9.97 Å². The summed E-state index contributed by atoms with van der Waals surface area (Å²) >= 11 is 0. The van der Waals surface area contributed by atoms with E-state index in [1.807, 2.05) is 0 Å². The van der Waals surface area contributed by atoms with Gasteiger partial charge in [-0.25, -0.2) is 33.3 Å². The van der Waals surface area contributed by atoms with Crippen LogP contribution in [0.15, 0.2) is 40.5 Å². The molecular weight excluding hydrogens is 540 g/mol. The van der Waals surface area contributed by atoms with Crippen molar-refractivity contribution in [1.29, 1.82) is 0 Å². The maximum absolute atomic E-state index is 13.9. The second-order valence-electron chi connectivity index (χ2n) is 11.3. The zero-order valence-corrected chi connectivity index (χ0v) is 23.8.